The molecular weight excluding hydrogens is 316 g/mol. The molecule has 23 heavy (non-hydrogen) atoms. The van der Waals surface area contributed by atoms with Gasteiger partial charge in [0, 0.05) is 30.2 Å². The number of hydrogen-bond acceptors (Lipinski definition) is 4. The molecule has 1 atom stereocenters. The number of carbonyl (C=O) groups excluding carboxylic acids is 2. The minimum absolute atomic E-state index is 0.104. The van der Waals surface area contributed by atoms with Crippen LogP contribution in [0.3, 0.4) is 0 Å². The van der Waals surface area contributed by atoms with Crippen molar-refractivity contribution >= 4 is 23.5 Å². The first-order valence-corrected chi connectivity index (χ1v) is 8.28. The first kappa shape index (κ1) is 17.7. The van der Waals surface area contributed by atoms with Gasteiger partial charge in [0.2, 0.25) is 0 Å². The molecule has 2 rings (SSSR count). The lowest BCUT2D eigenvalue weighted by Crippen LogP contribution is -2.47. The predicted molar refractivity (Wildman–Crippen MR) is 88.8 cm³/mol. The number of carbonyl (C=O) groups is 2. The van der Waals surface area contributed by atoms with Gasteiger partial charge in [-0.1, -0.05) is 11.6 Å². The molecule has 0 N–H and O–H groups in total. The monoisotopic (exact) mass is 338 g/mol. The molecule has 0 radical (unpaired) electrons. The molecule has 1 aromatic heterocycles. The van der Waals surface area contributed by atoms with Crippen LogP contribution in [0, 0.1) is 0 Å². The van der Waals surface area contributed by atoms with Gasteiger partial charge in [-0.15, -0.1) is 0 Å². The van der Waals surface area contributed by atoms with Crippen LogP contribution >= 0.6 is 11.6 Å². The van der Waals surface area contributed by atoms with Gasteiger partial charge in [0.15, 0.2) is 5.78 Å². The van der Waals surface area contributed by atoms with Crippen LogP contribution in [0.25, 0.3) is 0 Å². The summed E-state index contributed by atoms with van der Waals surface area (Å²) < 4.78 is 5.45. The van der Waals surface area contributed by atoms with Crippen molar-refractivity contribution in [2.45, 2.75) is 58.1 Å². The van der Waals surface area contributed by atoms with Crippen LogP contribution in [-0.4, -0.2) is 39.9 Å². The van der Waals surface area contributed by atoms with E-state index >= 15 is 0 Å². The van der Waals surface area contributed by atoms with Gasteiger partial charge < -0.3 is 9.64 Å². The highest BCUT2D eigenvalue weighted by molar-refractivity contribution is 6.30. The molecule has 5 nitrogen and oxygen atoms in total. The molecule has 0 aromatic carbocycles. The van der Waals surface area contributed by atoms with Crippen molar-refractivity contribution in [3.63, 3.8) is 0 Å². The topological polar surface area (TPSA) is 59.5 Å². The Morgan fingerprint density at radius 2 is 2.13 bits per heavy atom. The summed E-state index contributed by atoms with van der Waals surface area (Å²) >= 11 is 5.91. The Bertz CT molecular complexity index is 583. The maximum Gasteiger partial charge on any atom is 0.410 e. The van der Waals surface area contributed by atoms with E-state index in [-0.39, 0.29) is 24.3 Å². The average Bonchev–Trinajstić information content (AvgIpc) is 2.46. The summed E-state index contributed by atoms with van der Waals surface area (Å²) in [6, 6.07) is 3.04. The van der Waals surface area contributed by atoms with Crippen LogP contribution in [0.5, 0.6) is 0 Å². The number of hydrogen-bond donors (Lipinski definition) is 0. The number of pyridine rings is 1. The third-order valence-electron chi connectivity index (χ3n) is 3.68. The van der Waals surface area contributed by atoms with E-state index in [2.05, 4.69) is 4.98 Å². The summed E-state index contributed by atoms with van der Waals surface area (Å²) in [7, 11) is 0. The van der Waals surface area contributed by atoms with Gasteiger partial charge in [0.1, 0.15) is 11.3 Å². The second kappa shape index (κ2) is 7.30. The van der Waals surface area contributed by atoms with Crippen LogP contribution in [0.1, 0.15) is 56.9 Å². The van der Waals surface area contributed by atoms with Crippen LogP contribution in [0.15, 0.2) is 18.3 Å². The first-order valence-electron chi connectivity index (χ1n) is 7.90. The Kier molecular flexibility index (Phi) is 5.63. The summed E-state index contributed by atoms with van der Waals surface area (Å²) in [6.45, 7) is 6.14. The fraction of sp³-hybridized carbons (Fsp3) is 0.588. The number of likely N-dealkylation sites (tertiary alicyclic amines) is 1. The lowest BCUT2D eigenvalue weighted by molar-refractivity contribution is 0.00944. The number of ether oxygens (including phenoxy) is 1. The maximum atomic E-state index is 12.4. The SMILES string of the molecule is CC(C)(C)OC(=O)N1CCCCC1CC(=O)c1cc(Cl)ccn1. The Morgan fingerprint density at radius 3 is 2.78 bits per heavy atom. The van der Waals surface area contributed by atoms with Crippen LogP contribution < -0.4 is 0 Å². The minimum atomic E-state index is -0.544. The smallest absolute Gasteiger partial charge is 0.410 e. The molecule has 126 valence electrons. The second-order valence-corrected chi connectivity index (χ2v) is 7.25. The van der Waals surface area contributed by atoms with Crippen molar-refractivity contribution in [2.24, 2.45) is 0 Å². The minimum Gasteiger partial charge on any atom is -0.444 e. The number of rotatable bonds is 3. The summed E-state index contributed by atoms with van der Waals surface area (Å²) in [5.74, 6) is -0.104. The van der Waals surface area contributed by atoms with Crippen molar-refractivity contribution < 1.29 is 14.3 Å². The Labute approximate surface area is 142 Å². The van der Waals surface area contributed by atoms with Gasteiger partial charge in [0.25, 0.3) is 0 Å². The van der Waals surface area contributed by atoms with Gasteiger partial charge in [-0.3, -0.25) is 9.78 Å². The zero-order valence-electron chi connectivity index (χ0n) is 13.8. The molecule has 1 saturated heterocycles. The summed E-state index contributed by atoms with van der Waals surface area (Å²) in [5.41, 5.74) is -0.204. The highest BCUT2D eigenvalue weighted by Crippen LogP contribution is 2.24. The third-order valence-corrected chi connectivity index (χ3v) is 3.92. The summed E-state index contributed by atoms with van der Waals surface area (Å²) in [5, 5.41) is 0.482. The first-order chi connectivity index (χ1) is 10.8. The molecule has 0 saturated carbocycles. The highest BCUT2D eigenvalue weighted by atomic mass is 35.5. The third kappa shape index (κ3) is 5.20. The lowest BCUT2D eigenvalue weighted by Gasteiger charge is -2.36. The van der Waals surface area contributed by atoms with E-state index in [1.807, 2.05) is 20.8 Å². The molecule has 1 aliphatic heterocycles. The van der Waals surface area contributed by atoms with Crippen molar-refractivity contribution in [1.29, 1.82) is 0 Å². The van der Waals surface area contributed by atoms with Crippen molar-refractivity contribution in [3.8, 4) is 0 Å². The molecule has 1 aromatic rings. The zero-order chi connectivity index (χ0) is 17.0. The predicted octanol–water partition coefficient (Wildman–Crippen LogP) is 4.10. The van der Waals surface area contributed by atoms with Gasteiger partial charge in [-0.05, 0) is 52.2 Å². The lowest BCUT2D eigenvalue weighted by atomic mass is 9.97. The normalized spacial score (nSPS) is 18.6. The molecular formula is C17H23ClN2O3. The molecule has 1 amide bonds. The largest absolute Gasteiger partial charge is 0.444 e. The van der Waals surface area contributed by atoms with Crippen molar-refractivity contribution in [1.82, 2.24) is 9.88 Å². The number of aromatic nitrogens is 1. The van der Waals surface area contributed by atoms with Crippen LogP contribution in [-0.2, 0) is 4.74 Å². The molecule has 1 aliphatic rings. The second-order valence-electron chi connectivity index (χ2n) is 6.81. The average molecular weight is 339 g/mol. The van der Waals surface area contributed by atoms with E-state index in [9.17, 15) is 9.59 Å². The Hall–Kier alpha value is -1.62. The number of piperidine rings is 1. The summed E-state index contributed by atoms with van der Waals surface area (Å²) in [4.78, 5) is 30.5. The molecule has 2 heterocycles. The fourth-order valence-electron chi connectivity index (χ4n) is 2.65. The quantitative estimate of drug-likeness (QED) is 0.778. The van der Waals surface area contributed by atoms with Gasteiger partial charge >= 0.3 is 6.09 Å². The Morgan fingerprint density at radius 1 is 1.39 bits per heavy atom. The van der Waals surface area contributed by atoms with E-state index in [0.717, 1.165) is 19.3 Å². The molecule has 0 bridgehead atoms. The Balaban J connectivity index is 2.06. The van der Waals surface area contributed by atoms with Gasteiger partial charge in [-0.2, -0.15) is 0 Å². The van der Waals surface area contributed by atoms with E-state index in [1.54, 1.807) is 17.0 Å². The van der Waals surface area contributed by atoms with E-state index < -0.39 is 5.60 Å². The summed E-state index contributed by atoms with van der Waals surface area (Å²) in [6.07, 6.45) is 4.13. The molecule has 0 aliphatic carbocycles. The van der Waals surface area contributed by atoms with E-state index in [4.69, 9.17) is 16.3 Å². The number of nitrogens with zero attached hydrogens (tertiary/aromatic N) is 2. The highest BCUT2D eigenvalue weighted by Gasteiger charge is 2.32. The van der Waals surface area contributed by atoms with Crippen molar-refractivity contribution in [3.05, 3.63) is 29.0 Å². The van der Waals surface area contributed by atoms with E-state index in [1.165, 1.54) is 6.20 Å². The van der Waals surface area contributed by atoms with Gasteiger partial charge in [0.05, 0.1) is 0 Å². The van der Waals surface area contributed by atoms with Gasteiger partial charge in [-0.25, -0.2) is 4.79 Å². The molecule has 6 heteroatoms. The number of amides is 1. The number of ketones is 1. The molecule has 0 spiro atoms. The molecule has 1 fully saturated rings. The van der Waals surface area contributed by atoms with Crippen molar-refractivity contribution in [2.75, 3.05) is 6.54 Å². The zero-order valence-corrected chi connectivity index (χ0v) is 14.6. The standard InChI is InChI=1S/C17H23ClN2O3/c1-17(2,3)23-16(22)20-9-5-4-6-13(20)11-15(21)14-10-12(18)7-8-19-14/h7-8,10,13H,4-6,9,11H2,1-3H3. The number of Topliss-reactive ketones (excluding diaryl/α,β-unsaturated/α-hetero) is 1. The number of halogens is 1. The van der Waals surface area contributed by atoms with E-state index in [0.29, 0.717) is 17.3 Å². The van der Waals surface area contributed by atoms with Crippen LogP contribution in [0.2, 0.25) is 5.02 Å². The molecule has 1 unspecified atom stereocenters. The fourth-order valence-corrected chi connectivity index (χ4v) is 2.81. The van der Waals surface area contributed by atoms with Crippen LogP contribution in [0.4, 0.5) is 4.79 Å². The maximum absolute atomic E-state index is 12.4.